The lowest BCUT2D eigenvalue weighted by Gasteiger charge is -2.31. The van der Waals surface area contributed by atoms with Crippen molar-refractivity contribution in [2.75, 3.05) is 12.0 Å². The highest BCUT2D eigenvalue weighted by molar-refractivity contribution is 6.02. The summed E-state index contributed by atoms with van der Waals surface area (Å²) in [6.07, 6.45) is 1.20. The van der Waals surface area contributed by atoms with Crippen LogP contribution in [-0.2, 0) is 10.3 Å². The Balaban J connectivity index is 1.70. The van der Waals surface area contributed by atoms with Crippen LogP contribution < -0.4 is 11.1 Å². The molecular formula is C19H14F3N5O2. The van der Waals surface area contributed by atoms with Crippen LogP contribution in [0.25, 0.3) is 0 Å². The largest absolute Gasteiger partial charge is 0.462 e. The highest BCUT2D eigenvalue weighted by atomic mass is 19.2. The zero-order valence-corrected chi connectivity index (χ0v) is 14.8. The number of anilines is 1. The van der Waals surface area contributed by atoms with Gasteiger partial charge in [-0.15, -0.1) is 0 Å². The van der Waals surface area contributed by atoms with Crippen molar-refractivity contribution in [3.05, 3.63) is 58.9 Å². The molecular weight excluding hydrogens is 387 g/mol. The number of amides is 1. The van der Waals surface area contributed by atoms with Crippen LogP contribution >= 0.6 is 0 Å². The van der Waals surface area contributed by atoms with Crippen LogP contribution in [-0.4, -0.2) is 29.7 Å². The summed E-state index contributed by atoms with van der Waals surface area (Å²) in [5.74, 6) is -3.72. The second-order valence-corrected chi connectivity index (χ2v) is 6.82. The van der Waals surface area contributed by atoms with Gasteiger partial charge in [0.1, 0.15) is 30.1 Å². The van der Waals surface area contributed by atoms with Gasteiger partial charge in [-0.05, 0) is 24.6 Å². The maximum Gasteiger partial charge on any atom is 0.283 e. The molecule has 10 heteroatoms. The molecule has 4 rings (SSSR count). The van der Waals surface area contributed by atoms with Crippen molar-refractivity contribution < 1.29 is 22.7 Å². The van der Waals surface area contributed by atoms with Gasteiger partial charge in [-0.3, -0.25) is 4.79 Å². The predicted molar refractivity (Wildman–Crippen MR) is 95.5 cm³/mol. The highest BCUT2D eigenvalue weighted by Gasteiger charge is 2.60. The quantitative estimate of drug-likeness (QED) is 0.817. The number of nitrogens with one attached hydrogen (secondary N) is 1. The van der Waals surface area contributed by atoms with Crippen molar-refractivity contribution in [2.24, 2.45) is 16.6 Å². The number of halogens is 3. The first-order valence-corrected chi connectivity index (χ1v) is 8.63. The molecule has 1 aromatic heterocycles. The number of hydrogen-bond acceptors (Lipinski definition) is 6. The monoisotopic (exact) mass is 401 g/mol. The van der Waals surface area contributed by atoms with E-state index < -0.39 is 41.8 Å². The summed E-state index contributed by atoms with van der Waals surface area (Å²) in [6, 6.07) is 6.20. The van der Waals surface area contributed by atoms with E-state index in [1.54, 1.807) is 0 Å². The lowest BCUT2D eigenvalue weighted by atomic mass is 9.85. The number of ether oxygens (including phenoxy) is 1. The highest BCUT2D eigenvalue weighted by Crippen LogP contribution is 2.54. The minimum atomic E-state index is -1.72. The summed E-state index contributed by atoms with van der Waals surface area (Å²) in [7, 11) is 0. The van der Waals surface area contributed by atoms with Crippen LogP contribution in [0.5, 0.6) is 0 Å². The molecule has 2 heterocycles. The van der Waals surface area contributed by atoms with Crippen LogP contribution in [0.4, 0.5) is 18.9 Å². The molecule has 0 bridgehead atoms. The number of fused-ring (bicyclic) bond motifs is 1. The first-order chi connectivity index (χ1) is 13.9. The number of rotatable bonds is 4. The Bertz CT molecular complexity index is 1070. The number of pyridine rings is 1. The molecule has 3 atom stereocenters. The molecule has 29 heavy (non-hydrogen) atoms. The number of nitriles is 1. The van der Waals surface area contributed by atoms with Crippen molar-refractivity contribution >= 4 is 17.6 Å². The second-order valence-electron chi connectivity index (χ2n) is 6.82. The smallest absolute Gasteiger partial charge is 0.283 e. The Morgan fingerprint density at radius 2 is 2.21 bits per heavy atom. The Hall–Kier alpha value is -3.61. The number of alkyl halides is 1. The van der Waals surface area contributed by atoms with Gasteiger partial charge in [0.15, 0.2) is 11.6 Å². The zero-order valence-electron chi connectivity index (χ0n) is 14.8. The van der Waals surface area contributed by atoms with Crippen LogP contribution in [0.15, 0.2) is 35.5 Å². The van der Waals surface area contributed by atoms with E-state index in [1.807, 2.05) is 6.07 Å². The molecule has 0 saturated heterocycles. The maximum absolute atomic E-state index is 14.6. The van der Waals surface area contributed by atoms with Crippen molar-refractivity contribution in [3.8, 4) is 6.07 Å². The normalized spacial score (nSPS) is 24.6. The van der Waals surface area contributed by atoms with Gasteiger partial charge in [-0.2, -0.15) is 5.26 Å². The molecule has 1 aliphatic heterocycles. The minimum Gasteiger partial charge on any atom is -0.462 e. The van der Waals surface area contributed by atoms with Gasteiger partial charge in [-0.25, -0.2) is 23.1 Å². The summed E-state index contributed by atoms with van der Waals surface area (Å²) < 4.78 is 48.2. The van der Waals surface area contributed by atoms with Crippen molar-refractivity contribution in [1.82, 2.24) is 4.98 Å². The molecule has 0 unspecified atom stereocenters. The maximum atomic E-state index is 14.6. The van der Waals surface area contributed by atoms with Crippen molar-refractivity contribution in [2.45, 2.75) is 18.1 Å². The topological polar surface area (TPSA) is 113 Å². The van der Waals surface area contributed by atoms with E-state index in [-0.39, 0.29) is 28.5 Å². The zero-order chi connectivity index (χ0) is 20.8. The molecule has 2 aliphatic rings. The molecule has 7 nitrogen and oxygen atoms in total. The van der Waals surface area contributed by atoms with Crippen LogP contribution in [0, 0.1) is 28.9 Å². The van der Waals surface area contributed by atoms with Crippen molar-refractivity contribution in [3.63, 3.8) is 0 Å². The molecule has 148 valence electrons. The fraction of sp³-hybridized carbons (Fsp3) is 0.263. The summed E-state index contributed by atoms with van der Waals surface area (Å²) >= 11 is 0. The first kappa shape index (κ1) is 18.7. The van der Waals surface area contributed by atoms with E-state index in [2.05, 4.69) is 15.3 Å². The van der Waals surface area contributed by atoms with E-state index in [0.29, 0.717) is 6.42 Å². The number of aromatic nitrogens is 1. The van der Waals surface area contributed by atoms with Crippen LogP contribution in [0.1, 0.15) is 28.0 Å². The molecule has 1 saturated carbocycles. The molecule has 1 aromatic carbocycles. The van der Waals surface area contributed by atoms with Gasteiger partial charge in [0.2, 0.25) is 0 Å². The average Bonchev–Trinajstić information content (AvgIpc) is 3.49. The molecule has 2 aromatic rings. The molecule has 1 fully saturated rings. The average molecular weight is 401 g/mol. The molecule has 3 N–H and O–H groups in total. The number of benzene rings is 1. The number of carbonyl (C=O) groups is 1. The fourth-order valence-corrected chi connectivity index (χ4v) is 3.49. The summed E-state index contributed by atoms with van der Waals surface area (Å²) in [5.41, 5.74) is 3.66. The molecule has 0 spiro atoms. The van der Waals surface area contributed by atoms with Crippen LogP contribution in [0.2, 0.25) is 0 Å². The minimum absolute atomic E-state index is 0.0360. The number of hydrogen-bond donors (Lipinski definition) is 2. The lowest BCUT2D eigenvalue weighted by molar-refractivity contribution is 0.102. The Morgan fingerprint density at radius 3 is 2.86 bits per heavy atom. The number of aliphatic imine (C=N–C) groups is 1. The van der Waals surface area contributed by atoms with E-state index in [1.165, 1.54) is 18.3 Å². The van der Waals surface area contributed by atoms with Gasteiger partial charge < -0.3 is 15.8 Å². The van der Waals surface area contributed by atoms with Gasteiger partial charge >= 0.3 is 0 Å². The third-order valence-corrected chi connectivity index (χ3v) is 5.01. The van der Waals surface area contributed by atoms with Gasteiger partial charge in [0, 0.05) is 29.4 Å². The van der Waals surface area contributed by atoms with Crippen molar-refractivity contribution in [1.29, 1.82) is 5.26 Å². The SMILES string of the molecule is N#Cc1ccc(C(=O)Nc2cc(F)c(F)c([C@@]3(CF)N=C(N)O[C@@H]4C[C@@H]43)c2)nc1. The summed E-state index contributed by atoms with van der Waals surface area (Å²) in [6.45, 7) is -1.11. The predicted octanol–water partition coefficient (Wildman–Crippen LogP) is 2.38. The van der Waals surface area contributed by atoms with Gasteiger partial charge in [0.05, 0.1) is 5.56 Å². The van der Waals surface area contributed by atoms with Gasteiger partial charge in [-0.1, -0.05) is 0 Å². The molecule has 0 radical (unpaired) electrons. The standard InChI is InChI=1S/C19H14F3N5O2/c20-8-19(11-5-15(11)29-18(24)27-19)12-3-10(4-13(21)16(12)22)26-17(28)14-2-1-9(6-23)7-25-14/h1-4,7,11,15H,5,8H2,(H2,24,27)(H,26,28)/t11-,15+,19-/m0/s1. The van der Waals surface area contributed by atoms with E-state index in [9.17, 15) is 18.0 Å². The van der Waals surface area contributed by atoms with E-state index in [0.717, 1.165) is 12.1 Å². The van der Waals surface area contributed by atoms with E-state index in [4.69, 9.17) is 15.7 Å². The first-order valence-electron chi connectivity index (χ1n) is 8.63. The summed E-state index contributed by atoms with van der Waals surface area (Å²) in [4.78, 5) is 20.2. The summed E-state index contributed by atoms with van der Waals surface area (Å²) in [5, 5.41) is 11.2. The third kappa shape index (κ3) is 3.14. The number of nitrogens with two attached hydrogens (primary N) is 1. The lowest BCUT2D eigenvalue weighted by Crippen LogP contribution is -2.40. The third-order valence-electron chi connectivity index (χ3n) is 5.01. The molecule has 1 amide bonds. The fourth-order valence-electron chi connectivity index (χ4n) is 3.49. The van der Waals surface area contributed by atoms with E-state index >= 15 is 0 Å². The Kier molecular flexibility index (Phi) is 4.38. The number of nitrogens with zero attached hydrogens (tertiary/aromatic N) is 3. The second kappa shape index (κ2) is 6.77. The number of amidine groups is 1. The molecule has 1 aliphatic carbocycles. The Morgan fingerprint density at radius 1 is 1.41 bits per heavy atom. The van der Waals surface area contributed by atoms with Crippen LogP contribution in [0.3, 0.4) is 0 Å². The Labute approximate surface area is 163 Å². The number of carbonyl (C=O) groups excluding carboxylic acids is 1. The van der Waals surface area contributed by atoms with Gasteiger partial charge in [0.25, 0.3) is 11.9 Å².